The van der Waals surface area contributed by atoms with Gasteiger partial charge in [0.25, 0.3) is 0 Å². The average molecular weight is 302 g/mol. The molecule has 1 aromatic carbocycles. The molecule has 1 unspecified atom stereocenters. The lowest BCUT2D eigenvalue weighted by atomic mass is 10.0. The van der Waals surface area contributed by atoms with Crippen LogP contribution in [0, 0.1) is 0 Å². The molecule has 0 radical (unpaired) electrons. The van der Waals surface area contributed by atoms with Crippen molar-refractivity contribution in [2.75, 3.05) is 18.0 Å². The second-order valence-electron chi connectivity index (χ2n) is 5.62. The van der Waals surface area contributed by atoms with Crippen molar-refractivity contribution in [3.63, 3.8) is 0 Å². The van der Waals surface area contributed by atoms with E-state index in [4.69, 9.17) is 0 Å². The van der Waals surface area contributed by atoms with Crippen molar-refractivity contribution in [2.24, 2.45) is 0 Å². The number of halogens is 3. The molecule has 0 saturated carbocycles. The van der Waals surface area contributed by atoms with Gasteiger partial charge in [0.05, 0.1) is 5.69 Å². The van der Waals surface area contributed by atoms with E-state index in [0.29, 0.717) is 18.3 Å². The largest absolute Gasteiger partial charge is 0.573 e. The van der Waals surface area contributed by atoms with Crippen LogP contribution in [-0.4, -0.2) is 31.5 Å². The molecule has 2 rings (SSSR count). The number of alkyl halides is 3. The predicted molar refractivity (Wildman–Crippen MR) is 76.6 cm³/mol. The summed E-state index contributed by atoms with van der Waals surface area (Å²) in [5.41, 5.74) is 0.505. The maximum atomic E-state index is 12.5. The van der Waals surface area contributed by atoms with Crippen LogP contribution in [0.1, 0.15) is 26.7 Å². The molecule has 21 heavy (non-hydrogen) atoms. The Bertz CT molecular complexity index is 462. The van der Waals surface area contributed by atoms with Crippen LogP contribution >= 0.6 is 0 Å². The van der Waals surface area contributed by atoms with E-state index in [2.05, 4.69) is 23.9 Å². The molecule has 0 amide bonds. The summed E-state index contributed by atoms with van der Waals surface area (Å²) in [6, 6.07) is 6.98. The first kappa shape index (κ1) is 15.9. The Morgan fingerprint density at radius 2 is 2.00 bits per heavy atom. The standard InChI is InChI=1S/C15H21F3N2O/c1-11(2)19-12-6-5-9-20(10-12)13-7-3-4-8-14(13)21-15(16,17)18/h3-4,7-8,11-12,19H,5-6,9-10H2,1-2H3. The van der Waals surface area contributed by atoms with Crippen molar-refractivity contribution in [3.05, 3.63) is 24.3 Å². The molecule has 1 heterocycles. The third-order valence-corrected chi connectivity index (χ3v) is 3.42. The van der Waals surface area contributed by atoms with Crippen molar-refractivity contribution >= 4 is 5.69 Å². The number of benzene rings is 1. The number of hydrogen-bond acceptors (Lipinski definition) is 3. The van der Waals surface area contributed by atoms with Gasteiger partial charge >= 0.3 is 6.36 Å². The molecule has 6 heteroatoms. The van der Waals surface area contributed by atoms with Crippen molar-refractivity contribution in [2.45, 2.75) is 45.1 Å². The Labute approximate surface area is 123 Å². The van der Waals surface area contributed by atoms with E-state index < -0.39 is 6.36 Å². The molecule has 1 aliphatic heterocycles. The number of anilines is 1. The zero-order valence-electron chi connectivity index (χ0n) is 12.3. The van der Waals surface area contributed by atoms with Crippen molar-refractivity contribution < 1.29 is 17.9 Å². The van der Waals surface area contributed by atoms with Gasteiger partial charge in [-0.05, 0) is 25.0 Å². The Morgan fingerprint density at radius 3 is 2.67 bits per heavy atom. The summed E-state index contributed by atoms with van der Waals surface area (Å²) < 4.78 is 41.6. The third kappa shape index (κ3) is 4.81. The van der Waals surface area contributed by atoms with Gasteiger partial charge in [-0.1, -0.05) is 26.0 Å². The minimum absolute atomic E-state index is 0.129. The molecule has 1 atom stereocenters. The highest BCUT2D eigenvalue weighted by molar-refractivity contribution is 5.58. The van der Waals surface area contributed by atoms with Gasteiger partial charge in [0, 0.05) is 25.2 Å². The first-order chi connectivity index (χ1) is 9.85. The van der Waals surface area contributed by atoms with E-state index >= 15 is 0 Å². The second kappa shape index (κ2) is 6.56. The molecule has 1 N–H and O–H groups in total. The minimum atomic E-state index is -4.67. The molecule has 0 spiro atoms. The summed E-state index contributed by atoms with van der Waals surface area (Å²) in [6.45, 7) is 5.57. The highest BCUT2D eigenvalue weighted by atomic mass is 19.4. The van der Waals surface area contributed by atoms with Crippen molar-refractivity contribution in [1.82, 2.24) is 5.32 Å². The monoisotopic (exact) mass is 302 g/mol. The van der Waals surface area contributed by atoms with Crippen LogP contribution in [-0.2, 0) is 0 Å². The van der Waals surface area contributed by atoms with E-state index in [1.807, 2.05) is 4.90 Å². The summed E-state index contributed by atoms with van der Waals surface area (Å²) in [7, 11) is 0. The summed E-state index contributed by atoms with van der Waals surface area (Å²) in [5.74, 6) is -0.129. The summed E-state index contributed by atoms with van der Waals surface area (Å²) in [5, 5.41) is 3.44. The number of para-hydroxylation sites is 2. The lowest BCUT2D eigenvalue weighted by Gasteiger charge is -2.36. The summed E-state index contributed by atoms with van der Waals surface area (Å²) >= 11 is 0. The minimum Gasteiger partial charge on any atom is -0.404 e. The van der Waals surface area contributed by atoms with Crippen LogP contribution in [0.5, 0.6) is 5.75 Å². The van der Waals surface area contributed by atoms with Gasteiger partial charge in [0.15, 0.2) is 5.75 Å². The van der Waals surface area contributed by atoms with Crippen LogP contribution in [0.15, 0.2) is 24.3 Å². The fourth-order valence-corrected chi connectivity index (χ4v) is 2.73. The van der Waals surface area contributed by atoms with Crippen LogP contribution in [0.25, 0.3) is 0 Å². The topological polar surface area (TPSA) is 24.5 Å². The van der Waals surface area contributed by atoms with Crippen LogP contribution in [0.2, 0.25) is 0 Å². The van der Waals surface area contributed by atoms with Crippen LogP contribution in [0.3, 0.4) is 0 Å². The van der Waals surface area contributed by atoms with Crippen molar-refractivity contribution in [3.8, 4) is 5.75 Å². The first-order valence-electron chi connectivity index (χ1n) is 7.21. The Balaban J connectivity index is 2.13. The fourth-order valence-electron chi connectivity index (χ4n) is 2.73. The molecule has 0 bridgehead atoms. The quantitative estimate of drug-likeness (QED) is 0.920. The SMILES string of the molecule is CC(C)NC1CCCN(c2ccccc2OC(F)(F)F)C1. The Hall–Kier alpha value is -1.43. The average Bonchev–Trinajstić information content (AvgIpc) is 2.37. The van der Waals surface area contributed by atoms with E-state index in [1.54, 1.807) is 18.2 Å². The van der Waals surface area contributed by atoms with Gasteiger partial charge in [-0.25, -0.2) is 0 Å². The third-order valence-electron chi connectivity index (χ3n) is 3.42. The maximum absolute atomic E-state index is 12.5. The first-order valence-corrected chi connectivity index (χ1v) is 7.21. The van der Waals surface area contributed by atoms with E-state index in [9.17, 15) is 13.2 Å². The zero-order valence-corrected chi connectivity index (χ0v) is 12.3. The molecule has 1 fully saturated rings. The Morgan fingerprint density at radius 1 is 1.29 bits per heavy atom. The number of hydrogen-bond donors (Lipinski definition) is 1. The number of rotatable bonds is 4. The van der Waals surface area contributed by atoms with Crippen molar-refractivity contribution in [1.29, 1.82) is 0 Å². The predicted octanol–water partition coefficient (Wildman–Crippen LogP) is 3.55. The lowest BCUT2D eigenvalue weighted by Crippen LogP contribution is -2.48. The molecule has 0 aromatic heterocycles. The van der Waals surface area contributed by atoms with Gasteiger partial charge in [0.2, 0.25) is 0 Å². The second-order valence-corrected chi connectivity index (χ2v) is 5.62. The number of nitrogens with zero attached hydrogens (tertiary/aromatic N) is 1. The zero-order chi connectivity index (χ0) is 15.5. The fraction of sp³-hybridized carbons (Fsp3) is 0.600. The van der Waals surface area contributed by atoms with Crippen LogP contribution in [0.4, 0.5) is 18.9 Å². The van der Waals surface area contributed by atoms with Gasteiger partial charge in [-0.15, -0.1) is 13.2 Å². The number of nitrogens with one attached hydrogen (secondary N) is 1. The molecule has 0 aliphatic carbocycles. The van der Waals surface area contributed by atoms with E-state index in [0.717, 1.165) is 19.4 Å². The Kier molecular flexibility index (Phi) is 4.98. The molecule has 1 aliphatic rings. The maximum Gasteiger partial charge on any atom is 0.573 e. The van der Waals surface area contributed by atoms with Crippen LogP contribution < -0.4 is 15.0 Å². The molecule has 1 saturated heterocycles. The molecule has 3 nitrogen and oxygen atoms in total. The lowest BCUT2D eigenvalue weighted by molar-refractivity contribution is -0.274. The molecular weight excluding hydrogens is 281 g/mol. The molecule has 118 valence electrons. The highest BCUT2D eigenvalue weighted by Gasteiger charge is 2.33. The summed E-state index contributed by atoms with van der Waals surface area (Å²) in [4.78, 5) is 1.96. The summed E-state index contributed by atoms with van der Waals surface area (Å²) in [6.07, 6.45) is -2.68. The normalized spacial score (nSPS) is 19.9. The van der Waals surface area contributed by atoms with Gasteiger partial charge in [-0.2, -0.15) is 0 Å². The van der Waals surface area contributed by atoms with Gasteiger partial charge in [0.1, 0.15) is 0 Å². The van der Waals surface area contributed by atoms with Gasteiger partial charge in [-0.3, -0.25) is 0 Å². The molecule has 1 aromatic rings. The smallest absolute Gasteiger partial charge is 0.404 e. The molecular formula is C15H21F3N2O. The van der Waals surface area contributed by atoms with E-state index in [-0.39, 0.29) is 11.8 Å². The van der Waals surface area contributed by atoms with Gasteiger partial charge < -0.3 is 15.0 Å². The number of piperidine rings is 1. The highest BCUT2D eigenvalue weighted by Crippen LogP contribution is 2.34. The number of ether oxygens (including phenoxy) is 1. The van der Waals surface area contributed by atoms with E-state index in [1.165, 1.54) is 6.07 Å².